The van der Waals surface area contributed by atoms with E-state index in [-0.39, 0.29) is 22.9 Å². The molecule has 0 amide bonds. The zero-order valence-electron chi connectivity index (χ0n) is 19.0. The molecule has 2 atom stereocenters. The summed E-state index contributed by atoms with van der Waals surface area (Å²) in [7, 11) is 0. The second kappa shape index (κ2) is 7.33. The summed E-state index contributed by atoms with van der Waals surface area (Å²) >= 11 is -2.54. The van der Waals surface area contributed by atoms with E-state index in [1.54, 1.807) is 0 Å². The van der Waals surface area contributed by atoms with Gasteiger partial charge in [-0.05, 0) is 0 Å². The Morgan fingerprint density at radius 1 is 0.786 bits per heavy atom. The zero-order chi connectivity index (χ0) is 20.9. The number of rotatable bonds is 3. The van der Waals surface area contributed by atoms with Gasteiger partial charge in [0.25, 0.3) is 0 Å². The van der Waals surface area contributed by atoms with Crippen molar-refractivity contribution < 1.29 is 9.47 Å². The Morgan fingerprint density at radius 2 is 1.18 bits per heavy atom. The predicted octanol–water partition coefficient (Wildman–Crippen LogP) is 4.61. The second-order valence-electron chi connectivity index (χ2n) is 11.2. The Morgan fingerprint density at radius 3 is 1.46 bits per heavy atom. The van der Waals surface area contributed by atoms with Crippen molar-refractivity contribution in [3.8, 4) is 0 Å². The quantitative estimate of drug-likeness (QED) is 0.580. The van der Waals surface area contributed by atoms with Crippen LogP contribution < -0.4 is 3.58 Å². The van der Waals surface area contributed by atoms with Crippen LogP contribution in [0.3, 0.4) is 0 Å². The molecule has 0 radical (unpaired) electrons. The zero-order valence-corrected chi connectivity index (χ0v) is 21.9. The first-order chi connectivity index (χ1) is 12.8. The number of aliphatic imine (C=N–C) groups is 2. The first kappa shape index (κ1) is 21.7. The Balaban J connectivity index is 2.09. The molecule has 2 aliphatic rings. The summed E-state index contributed by atoms with van der Waals surface area (Å²) in [5.74, 6) is 1.60. The van der Waals surface area contributed by atoms with E-state index in [0.29, 0.717) is 13.2 Å². The number of benzene rings is 1. The van der Waals surface area contributed by atoms with E-state index in [0.717, 1.165) is 22.9 Å². The molecule has 1 aromatic rings. The molecule has 1 aromatic carbocycles. The molecule has 5 heteroatoms. The number of hydrogen-bond acceptors (Lipinski definition) is 4. The van der Waals surface area contributed by atoms with Crippen LogP contribution in [0, 0.1) is 10.8 Å². The summed E-state index contributed by atoms with van der Waals surface area (Å²) in [5, 5.41) is 0. The van der Waals surface area contributed by atoms with Crippen LogP contribution in [0.1, 0.15) is 52.7 Å². The molecule has 0 N–H and O–H groups in total. The van der Waals surface area contributed by atoms with E-state index in [9.17, 15) is 0 Å². The fourth-order valence-electron chi connectivity index (χ4n) is 3.65. The molecule has 0 bridgehead atoms. The molecule has 0 aliphatic carbocycles. The van der Waals surface area contributed by atoms with Gasteiger partial charge < -0.3 is 0 Å². The van der Waals surface area contributed by atoms with Crippen LogP contribution in [0.5, 0.6) is 0 Å². The van der Waals surface area contributed by atoms with Crippen molar-refractivity contribution in [3.05, 3.63) is 29.3 Å². The Labute approximate surface area is 174 Å². The summed E-state index contributed by atoms with van der Waals surface area (Å²) in [4.78, 5) is 17.3. The molecule has 0 spiro atoms. The normalized spacial score (nSPS) is 23.2. The van der Waals surface area contributed by atoms with E-state index in [1.165, 1.54) is 3.58 Å². The summed E-state index contributed by atoms with van der Waals surface area (Å²) in [6.07, 6.45) is 0. The van der Waals surface area contributed by atoms with Crippen LogP contribution in [0.25, 0.3) is 0 Å². The van der Waals surface area contributed by atoms with Crippen LogP contribution in [0.4, 0.5) is 0 Å². The van der Waals surface area contributed by atoms with E-state index in [1.807, 2.05) is 0 Å². The molecule has 3 rings (SSSR count). The van der Waals surface area contributed by atoms with Crippen molar-refractivity contribution in [1.82, 2.24) is 0 Å². The van der Waals surface area contributed by atoms with Gasteiger partial charge in [0.05, 0.1) is 0 Å². The van der Waals surface area contributed by atoms with Gasteiger partial charge in [-0.1, -0.05) is 0 Å². The SMILES string of the molecule is CC(C)(C)[C@H]1COC(c2cccc(C3=N[C@@H](C(C)(C)C)CO3)[c]2[Sn]([CH3])([CH3])[CH3])=N1. The average Bonchev–Trinajstić information content (AvgIpc) is 3.22. The van der Waals surface area contributed by atoms with Gasteiger partial charge in [-0.25, -0.2) is 0 Å². The molecule has 2 heterocycles. The van der Waals surface area contributed by atoms with Crippen molar-refractivity contribution in [1.29, 1.82) is 0 Å². The van der Waals surface area contributed by atoms with E-state index >= 15 is 0 Å². The van der Waals surface area contributed by atoms with Crippen LogP contribution in [-0.2, 0) is 9.47 Å². The molecule has 2 aliphatic heterocycles. The average molecular weight is 491 g/mol. The van der Waals surface area contributed by atoms with Gasteiger partial charge >= 0.3 is 175 Å². The van der Waals surface area contributed by atoms with Crippen LogP contribution in [0.2, 0.25) is 14.8 Å². The maximum absolute atomic E-state index is 6.11. The molecule has 0 saturated carbocycles. The van der Waals surface area contributed by atoms with Gasteiger partial charge in [-0.15, -0.1) is 0 Å². The number of hydrogen-bond donors (Lipinski definition) is 0. The summed E-state index contributed by atoms with van der Waals surface area (Å²) in [6.45, 7) is 14.7. The molecule has 0 fully saturated rings. The topological polar surface area (TPSA) is 43.2 Å². The van der Waals surface area contributed by atoms with Gasteiger partial charge in [0, 0.05) is 0 Å². The monoisotopic (exact) mass is 492 g/mol. The van der Waals surface area contributed by atoms with E-state index < -0.39 is 18.4 Å². The number of nitrogens with zero attached hydrogens (tertiary/aromatic N) is 2. The van der Waals surface area contributed by atoms with Crippen molar-refractivity contribution in [3.63, 3.8) is 0 Å². The third kappa shape index (κ3) is 4.42. The van der Waals surface area contributed by atoms with Gasteiger partial charge in [0.2, 0.25) is 0 Å². The molecule has 28 heavy (non-hydrogen) atoms. The molecule has 154 valence electrons. The van der Waals surface area contributed by atoms with Gasteiger partial charge in [0.15, 0.2) is 0 Å². The maximum atomic E-state index is 6.11. The Bertz CT molecular complexity index is 749. The van der Waals surface area contributed by atoms with E-state index in [4.69, 9.17) is 19.5 Å². The minimum absolute atomic E-state index is 0.100. The minimum atomic E-state index is -2.54. The fraction of sp³-hybridized carbons (Fsp3) is 0.652. The molecular formula is C23H36N2O2Sn. The molecule has 0 unspecified atom stereocenters. The van der Waals surface area contributed by atoms with Gasteiger partial charge in [0.1, 0.15) is 0 Å². The van der Waals surface area contributed by atoms with Crippen LogP contribution in [-0.4, -0.2) is 55.5 Å². The molecule has 0 saturated heterocycles. The summed E-state index contributed by atoms with van der Waals surface area (Å²) < 4.78 is 13.6. The first-order valence-corrected chi connectivity index (χ1v) is 20.3. The Kier molecular flexibility index (Phi) is 5.67. The van der Waals surface area contributed by atoms with Crippen LogP contribution >= 0.6 is 0 Å². The molecule has 4 nitrogen and oxygen atoms in total. The van der Waals surface area contributed by atoms with Crippen molar-refractivity contribution in [2.75, 3.05) is 13.2 Å². The van der Waals surface area contributed by atoms with Gasteiger partial charge in [-0.3, -0.25) is 0 Å². The molecular weight excluding hydrogens is 455 g/mol. The van der Waals surface area contributed by atoms with E-state index in [2.05, 4.69) is 74.6 Å². The van der Waals surface area contributed by atoms with Crippen molar-refractivity contribution in [2.45, 2.75) is 68.4 Å². The fourth-order valence-corrected chi connectivity index (χ4v) is 9.34. The van der Waals surface area contributed by atoms with Crippen molar-refractivity contribution in [2.24, 2.45) is 20.8 Å². The van der Waals surface area contributed by atoms with Gasteiger partial charge in [-0.2, -0.15) is 0 Å². The third-order valence-corrected chi connectivity index (χ3v) is 11.4. The molecule has 0 aromatic heterocycles. The summed E-state index contributed by atoms with van der Waals surface area (Å²) in [6, 6.07) is 6.82. The van der Waals surface area contributed by atoms with Crippen LogP contribution in [0.15, 0.2) is 28.2 Å². The number of ether oxygens (including phenoxy) is 2. The Hall–Kier alpha value is -1.04. The predicted molar refractivity (Wildman–Crippen MR) is 121 cm³/mol. The standard InChI is InChI=1S/C20H27N2O2.3CH3.Sn/c1-19(2,3)15-11-23-17(21-15)13-8-7-9-14(10-13)18-22-16(12-24-18)20(4,5)6;;;;/h7-9,15-16H,11-12H2,1-6H3;3*1H3;/t15-,16-;;;;/m1..../s1. The second-order valence-corrected chi connectivity index (χ2v) is 25.5. The van der Waals surface area contributed by atoms with Crippen molar-refractivity contribution >= 4 is 33.8 Å². The summed E-state index contributed by atoms with van der Waals surface area (Å²) in [5.41, 5.74) is 2.50. The third-order valence-electron chi connectivity index (χ3n) is 5.58. The first-order valence-electron chi connectivity index (χ1n) is 10.3.